The molecule has 1 N–H and O–H groups in total. The molecule has 17 rings (SSSR count). The molecule has 0 radical (unpaired) electrons. The van der Waals surface area contributed by atoms with Crippen LogP contribution in [0.2, 0.25) is 0 Å². The Hall–Kier alpha value is -10.7. The summed E-state index contributed by atoms with van der Waals surface area (Å²) in [4.78, 5) is 149. The molecule has 4 spiro atoms. The summed E-state index contributed by atoms with van der Waals surface area (Å²) in [6.45, 7) is 8.71. The first-order valence-corrected chi connectivity index (χ1v) is 53.5. The Bertz CT molecular complexity index is 5490. The SMILES string of the molecule is CCCN1C(=O)N(CC(=O)N2CCS(=O)(=O)CC2)CC12CCC(c1ccccc1)(N(C)C)CC2.CN(C)C1(c2ccccc2)CCC2(CC1)CN(CC(=O)Cc1ccccn1)C(=O)N2CC1(O)CCC1.COCCCN1C(=O)N(CC(=O)CCc2ccncn2)CC12CCC(c1ccccc1)(N(C)C)CC2.COCCCN1C(=O)N(CC(=O)Cc2cc(OC)ccn2)CC12CCC(c1ccccc1)(N(C)C)CC2. The molecule has 5 saturated heterocycles. The van der Waals surface area contributed by atoms with Crippen LogP contribution in [0.4, 0.5) is 19.2 Å². The molecule has 143 heavy (non-hydrogen) atoms. The molecule has 31 nitrogen and oxygen atoms in total. The number of carbonyl (C=O) groups is 8. The highest BCUT2D eigenvalue weighted by molar-refractivity contribution is 7.91. The molecule has 9 amide bonds. The van der Waals surface area contributed by atoms with E-state index in [4.69, 9.17) is 14.2 Å². The van der Waals surface area contributed by atoms with Crippen molar-refractivity contribution in [1.29, 1.82) is 0 Å². The predicted octanol–water partition coefficient (Wildman–Crippen LogP) is 13.0. The molecule has 5 aliphatic carbocycles. The van der Waals surface area contributed by atoms with Gasteiger partial charge < -0.3 is 63.4 Å². The molecular formula is C111H155N17O14S. The van der Waals surface area contributed by atoms with E-state index < -0.39 is 15.4 Å². The van der Waals surface area contributed by atoms with Crippen LogP contribution in [0.5, 0.6) is 5.75 Å². The van der Waals surface area contributed by atoms with Crippen LogP contribution in [0.3, 0.4) is 0 Å². The zero-order valence-corrected chi connectivity index (χ0v) is 87.5. The molecule has 0 unspecified atom stereocenters. The van der Waals surface area contributed by atoms with Gasteiger partial charge in [0.15, 0.2) is 27.2 Å². The molecule has 10 fully saturated rings. The fraction of sp³-hybridized carbons (Fsp3) is 0.586. The summed E-state index contributed by atoms with van der Waals surface area (Å²) in [5.74, 6) is 0.561. The van der Waals surface area contributed by atoms with Crippen molar-refractivity contribution in [3.63, 3.8) is 0 Å². The van der Waals surface area contributed by atoms with Crippen molar-refractivity contribution in [3.8, 4) is 5.75 Å². The number of β-amino-alcohol motifs (C(OH)–C–C–N with tert-alkyl or cyclic N) is 1. The maximum atomic E-state index is 13.7. The first-order chi connectivity index (χ1) is 68.6. The number of hydrogen-bond acceptors (Lipinski definition) is 22. The second-order valence-corrected chi connectivity index (χ2v) is 44.9. The lowest BCUT2D eigenvalue weighted by Crippen LogP contribution is -2.59. The van der Waals surface area contributed by atoms with Crippen molar-refractivity contribution in [2.24, 2.45) is 0 Å². The van der Waals surface area contributed by atoms with Crippen LogP contribution >= 0.6 is 0 Å². The number of urea groups is 4. The van der Waals surface area contributed by atoms with Gasteiger partial charge in [0.25, 0.3) is 0 Å². The molecule has 10 aliphatic rings. The minimum Gasteiger partial charge on any atom is -0.497 e. The zero-order chi connectivity index (χ0) is 102. The Morgan fingerprint density at radius 1 is 0.406 bits per heavy atom. The number of aliphatic hydroxyl groups is 1. The number of amides is 9. The highest BCUT2D eigenvalue weighted by atomic mass is 32.2. The fourth-order valence-electron chi connectivity index (χ4n) is 24.8. The molecule has 774 valence electrons. The lowest BCUT2D eigenvalue weighted by Gasteiger charge is -2.52. The van der Waals surface area contributed by atoms with Crippen molar-refractivity contribution in [3.05, 3.63) is 222 Å². The average Bonchev–Trinajstić information content (AvgIpc) is 1.62. The first kappa shape index (κ1) is 108. The topological polar surface area (TPSA) is 312 Å². The number of ketones is 3. The Balaban J connectivity index is 0.000000151. The number of nitrogens with zero attached hydrogens (tertiary/aromatic N) is 17. The van der Waals surface area contributed by atoms with Crippen LogP contribution in [0.15, 0.2) is 183 Å². The number of ether oxygens (including phenoxy) is 3. The number of pyridine rings is 2. The summed E-state index contributed by atoms with van der Waals surface area (Å²) < 4.78 is 39.3. The predicted molar refractivity (Wildman–Crippen MR) is 552 cm³/mol. The van der Waals surface area contributed by atoms with E-state index in [2.05, 4.69) is 212 Å². The number of methoxy groups -OCH3 is 3. The second-order valence-electron chi connectivity index (χ2n) is 42.6. The number of sulfone groups is 1. The monoisotopic (exact) mass is 1980 g/mol. The largest absolute Gasteiger partial charge is 0.497 e. The normalized spacial score (nSPS) is 26.1. The van der Waals surface area contributed by atoms with E-state index >= 15 is 0 Å². The lowest BCUT2D eigenvalue weighted by molar-refractivity contribution is -0.131. The third-order valence-corrected chi connectivity index (χ3v) is 35.1. The number of aromatic nitrogens is 4. The molecule has 4 aromatic carbocycles. The summed E-state index contributed by atoms with van der Waals surface area (Å²) in [6, 6.07) is 53.3. The second kappa shape index (κ2) is 47.2. The van der Waals surface area contributed by atoms with Gasteiger partial charge in [-0.15, -0.1) is 0 Å². The van der Waals surface area contributed by atoms with E-state index in [1.165, 1.54) is 28.6 Å². The van der Waals surface area contributed by atoms with E-state index in [9.17, 15) is 51.9 Å². The number of rotatable bonds is 36. The average molecular weight is 1980 g/mol. The quantitative estimate of drug-likeness (QED) is 0.0357. The molecule has 5 aliphatic heterocycles. The molecule has 0 atom stereocenters. The van der Waals surface area contributed by atoms with Crippen molar-refractivity contribution in [2.45, 2.75) is 224 Å². The lowest BCUT2D eigenvalue weighted by atomic mass is 9.67. The van der Waals surface area contributed by atoms with Crippen LogP contribution in [-0.2, 0) is 79.9 Å². The first-order valence-electron chi connectivity index (χ1n) is 51.7. The standard InChI is InChI=1S/C29H40N4O4.C29H38N4O3.C28H39N5O3.C25H38N4O4S/c1-31(2)29(23-9-6-5-7-10-23)14-12-28(13-15-29)22-32(27(35)33(28)17-8-18-36-3)21-25(34)19-24-20-26(37-4)11-16-30-24;1-31(2)29(23-9-4-3-5-10-23)16-14-27(15-17-29)21-32(20-25(34)19-24-11-6-7-18-30-24)26(35)33(27)22-28(36)12-8-13-28;1-31(2)28(23-8-5-4-6-9-23)15-13-27(14-16-28)21-32(26(35)33(27)18-7-19-36-3)20-25(34)11-10-24-12-17-29-22-30-24;1-4-14-29-23(31)28(19-22(30)27-15-17-34(32,33)18-16-27)20-24(29)10-12-25(13-11-24,26(2)3)21-8-6-5-7-9-21/h5-7,9-11,16,20H,8,12-15,17-19,21-22H2,1-4H3;3-7,9-11,18,36H,8,12-17,19-22H2,1-2H3;4-6,8-9,12,17,22H,7,10-11,13-16,18-21H2,1-3H3;5-9H,4,10-20H2,1-3H3. The maximum Gasteiger partial charge on any atom is 0.321 e. The van der Waals surface area contributed by atoms with E-state index in [1.54, 1.807) is 76.6 Å². The highest BCUT2D eigenvalue weighted by Gasteiger charge is 2.61. The van der Waals surface area contributed by atoms with E-state index in [0.717, 1.165) is 153 Å². The minimum absolute atomic E-state index is 0.00465. The Labute approximate surface area is 847 Å². The Kier molecular flexibility index (Phi) is 35.7. The number of carbonyl (C=O) groups excluding carboxylic acids is 8. The van der Waals surface area contributed by atoms with Crippen LogP contribution in [0.1, 0.15) is 194 Å². The van der Waals surface area contributed by atoms with Crippen molar-refractivity contribution in [1.82, 2.24) is 83.6 Å². The summed E-state index contributed by atoms with van der Waals surface area (Å²) >= 11 is 0. The van der Waals surface area contributed by atoms with Crippen LogP contribution in [0.25, 0.3) is 0 Å². The summed E-state index contributed by atoms with van der Waals surface area (Å²) in [5.41, 5.74) is 5.31. The molecule has 5 saturated carbocycles. The third kappa shape index (κ3) is 24.3. The molecule has 0 bridgehead atoms. The summed E-state index contributed by atoms with van der Waals surface area (Å²) in [6.07, 6.45) is 27.4. The zero-order valence-electron chi connectivity index (χ0n) is 86.7. The van der Waals surface area contributed by atoms with Gasteiger partial charge in [0.05, 0.1) is 91.1 Å². The molecule has 7 aromatic rings. The maximum absolute atomic E-state index is 13.7. The van der Waals surface area contributed by atoms with Crippen molar-refractivity contribution >= 4 is 57.2 Å². The Morgan fingerprint density at radius 2 is 0.776 bits per heavy atom. The number of hydrogen-bond donors (Lipinski definition) is 1. The number of benzene rings is 4. The van der Waals surface area contributed by atoms with Crippen LogP contribution in [-0.4, -0.2) is 366 Å². The third-order valence-electron chi connectivity index (χ3n) is 33.5. The molecular weight excluding hydrogens is 1830 g/mol. The number of Topliss-reactive ketones (excluding diaryl/α,β-unsaturated/α-hetero) is 3. The van der Waals surface area contributed by atoms with Gasteiger partial charge in [-0.25, -0.2) is 37.6 Å². The molecule has 3 aromatic heterocycles. The fourth-order valence-corrected chi connectivity index (χ4v) is 26.0. The van der Waals surface area contributed by atoms with Gasteiger partial charge >= 0.3 is 24.1 Å². The van der Waals surface area contributed by atoms with E-state index in [0.29, 0.717) is 89.9 Å². The highest BCUT2D eigenvalue weighted by Crippen LogP contribution is 2.55. The van der Waals surface area contributed by atoms with Crippen LogP contribution < -0.4 is 4.74 Å². The van der Waals surface area contributed by atoms with Gasteiger partial charge in [-0.3, -0.25) is 48.7 Å². The van der Waals surface area contributed by atoms with Crippen molar-refractivity contribution < 1.29 is 66.1 Å². The van der Waals surface area contributed by atoms with Gasteiger partial charge in [0, 0.05) is 151 Å². The van der Waals surface area contributed by atoms with Gasteiger partial charge in [-0.1, -0.05) is 134 Å². The minimum atomic E-state index is -3.05. The van der Waals surface area contributed by atoms with Crippen molar-refractivity contribution in [2.75, 3.05) is 194 Å². The summed E-state index contributed by atoms with van der Waals surface area (Å²) in [7, 11) is 19.1. The van der Waals surface area contributed by atoms with Crippen LogP contribution in [0, 0.1) is 0 Å². The molecule has 32 heteroatoms. The molecule has 8 heterocycles. The smallest absolute Gasteiger partial charge is 0.321 e. The van der Waals surface area contributed by atoms with Gasteiger partial charge in [-0.05, 0) is 251 Å². The van der Waals surface area contributed by atoms with Gasteiger partial charge in [0.1, 0.15) is 18.6 Å². The van der Waals surface area contributed by atoms with E-state index in [1.807, 2.05) is 56.0 Å². The number of aryl methyl sites for hydroxylation is 1. The summed E-state index contributed by atoms with van der Waals surface area (Å²) in [5, 5.41) is 11.0. The van der Waals surface area contributed by atoms with Gasteiger partial charge in [0.2, 0.25) is 5.91 Å². The van der Waals surface area contributed by atoms with Gasteiger partial charge in [-0.2, -0.15) is 0 Å². The Morgan fingerprint density at radius 3 is 1.13 bits per heavy atom. The van der Waals surface area contributed by atoms with E-state index in [-0.39, 0.29) is 155 Å².